The minimum atomic E-state index is -0.0197. The number of phenolic OH excluding ortho intramolecular Hbond substituents is 1. The van der Waals surface area contributed by atoms with Crippen LogP contribution in [0.3, 0.4) is 0 Å². The van der Waals surface area contributed by atoms with Crippen molar-refractivity contribution in [2.45, 2.75) is 19.3 Å². The summed E-state index contributed by atoms with van der Waals surface area (Å²) in [7, 11) is 1.83. The zero-order valence-corrected chi connectivity index (χ0v) is 17.5. The fourth-order valence-corrected chi connectivity index (χ4v) is 3.66. The molecule has 1 heterocycles. The summed E-state index contributed by atoms with van der Waals surface area (Å²) in [6.07, 6.45) is 2.28. The highest BCUT2D eigenvalue weighted by Gasteiger charge is 2.27. The molecule has 0 unspecified atom stereocenters. The van der Waals surface area contributed by atoms with Gasteiger partial charge < -0.3 is 14.7 Å². The molecule has 6 nitrogen and oxygen atoms in total. The molecule has 0 saturated carbocycles. The van der Waals surface area contributed by atoms with Crippen LogP contribution in [0.25, 0.3) is 0 Å². The third kappa shape index (κ3) is 6.32. The van der Waals surface area contributed by atoms with Gasteiger partial charge in [-0.25, -0.2) is 0 Å². The number of phenols is 1. The van der Waals surface area contributed by atoms with Crippen molar-refractivity contribution in [3.63, 3.8) is 0 Å². The van der Waals surface area contributed by atoms with Crippen molar-refractivity contribution in [2.24, 2.45) is 5.92 Å². The van der Waals surface area contributed by atoms with E-state index in [1.807, 2.05) is 37.4 Å². The van der Waals surface area contributed by atoms with Crippen LogP contribution in [-0.2, 0) is 4.79 Å². The van der Waals surface area contributed by atoms with Crippen LogP contribution in [0.4, 0.5) is 0 Å². The first-order valence-electron chi connectivity index (χ1n) is 10.5. The molecule has 3 rings (SSSR count). The number of likely N-dealkylation sites (tertiary alicyclic amines) is 1. The van der Waals surface area contributed by atoms with Gasteiger partial charge in [-0.3, -0.25) is 14.5 Å². The molecule has 0 spiro atoms. The van der Waals surface area contributed by atoms with Gasteiger partial charge in [-0.05, 0) is 68.8 Å². The van der Waals surface area contributed by atoms with Crippen LogP contribution in [0, 0.1) is 5.92 Å². The Morgan fingerprint density at radius 1 is 1.07 bits per heavy atom. The maximum Gasteiger partial charge on any atom is 0.236 e. The number of hydrogen-bond acceptors (Lipinski definition) is 5. The van der Waals surface area contributed by atoms with E-state index in [0.29, 0.717) is 25.3 Å². The van der Waals surface area contributed by atoms with Crippen molar-refractivity contribution in [1.29, 1.82) is 0 Å². The Morgan fingerprint density at radius 3 is 2.40 bits per heavy atom. The third-order valence-electron chi connectivity index (χ3n) is 5.54. The molecule has 1 aliphatic heterocycles. The van der Waals surface area contributed by atoms with Crippen LogP contribution in [-0.4, -0.2) is 66.4 Å². The summed E-state index contributed by atoms with van der Waals surface area (Å²) in [6.45, 7) is 3.10. The summed E-state index contributed by atoms with van der Waals surface area (Å²) >= 11 is 0. The highest BCUT2D eigenvalue weighted by molar-refractivity contribution is 5.98. The van der Waals surface area contributed by atoms with E-state index in [1.54, 1.807) is 29.2 Å². The van der Waals surface area contributed by atoms with Gasteiger partial charge >= 0.3 is 0 Å². The number of para-hydroxylation sites is 1. The molecule has 1 N–H and O–H groups in total. The first-order chi connectivity index (χ1) is 14.5. The standard InChI is InChI=1S/C24H30N2O4/c1-25(14-5-17-30-22-6-3-2-4-7-22)23(28)18-26-15-12-20(13-16-26)24(29)19-8-10-21(27)11-9-19/h2-4,6-11,20,27H,5,12-18H2,1H3. The summed E-state index contributed by atoms with van der Waals surface area (Å²) in [6, 6.07) is 16.1. The van der Waals surface area contributed by atoms with Crippen LogP contribution in [0.5, 0.6) is 11.5 Å². The maximum absolute atomic E-state index is 12.6. The van der Waals surface area contributed by atoms with E-state index >= 15 is 0 Å². The Labute approximate surface area is 178 Å². The number of likely N-dealkylation sites (N-methyl/N-ethyl adjacent to an activating group) is 1. The van der Waals surface area contributed by atoms with Crippen molar-refractivity contribution >= 4 is 11.7 Å². The Bertz CT molecular complexity index is 815. The maximum atomic E-state index is 12.6. The quantitative estimate of drug-likeness (QED) is 0.508. The van der Waals surface area contributed by atoms with Crippen LogP contribution < -0.4 is 4.74 Å². The predicted octanol–water partition coefficient (Wildman–Crippen LogP) is 3.21. The van der Waals surface area contributed by atoms with Crippen LogP contribution in [0.1, 0.15) is 29.6 Å². The lowest BCUT2D eigenvalue weighted by molar-refractivity contribution is -0.131. The molecule has 6 heteroatoms. The van der Waals surface area contributed by atoms with Crippen molar-refractivity contribution < 1.29 is 19.4 Å². The lowest BCUT2D eigenvalue weighted by atomic mass is 9.89. The zero-order valence-electron chi connectivity index (χ0n) is 17.5. The average molecular weight is 411 g/mol. The lowest BCUT2D eigenvalue weighted by Gasteiger charge is -2.32. The van der Waals surface area contributed by atoms with Crippen molar-refractivity contribution in [3.8, 4) is 11.5 Å². The molecule has 30 heavy (non-hydrogen) atoms. The van der Waals surface area contributed by atoms with Crippen LogP contribution in [0.2, 0.25) is 0 Å². The van der Waals surface area contributed by atoms with Gasteiger partial charge in [0.05, 0.1) is 13.2 Å². The van der Waals surface area contributed by atoms with Crippen LogP contribution >= 0.6 is 0 Å². The van der Waals surface area contributed by atoms with E-state index in [1.165, 1.54) is 0 Å². The van der Waals surface area contributed by atoms with E-state index < -0.39 is 0 Å². The van der Waals surface area contributed by atoms with E-state index in [4.69, 9.17) is 4.74 Å². The number of amides is 1. The second-order valence-corrected chi connectivity index (χ2v) is 7.79. The molecule has 1 amide bonds. The predicted molar refractivity (Wildman–Crippen MR) is 116 cm³/mol. The summed E-state index contributed by atoms with van der Waals surface area (Å²) < 4.78 is 5.67. The summed E-state index contributed by atoms with van der Waals surface area (Å²) in [5.74, 6) is 1.20. The Kier molecular flexibility index (Phi) is 7.85. The van der Waals surface area contributed by atoms with Gasteiger partial charge in [0.25, 0.3) is 0 Å². The summed E-state index contributed by atoms with van der Waals surface area (Å²) in [5, 5.41) is 9.37. The van der Waals surface area contributed by atoms with E-state index in [-0.39, 0.29) is 23.4 Å². The molecule has 2 aromatic carbocycles. The minimum absolute atomic E-state index is 0.0197. The molecule has 1 fully saturated rings. The van der Waals surface area contributed by atoms with Crippen molar-refractivity contribution in [2.75, 3.05) is 39.8 Å². The van der Waals surface area contributed by atoms with Gasteiger partial charge in [0, 0.05) is 25.1 Å². The van der Waals surface area contributed by atoms with Crippen molar-refractivity contribution in [3.05, 3.63) is 60.2 Å². The Hall–Kier alpha value is -2.86. The minimum Gasteiger partial charge on any atom is -0.508 e. The topological polar surface area (TPSA) is 70.1 Å². The number of rotatable bonds is 9. The molecule has 1 aliphatic rings. The molecule has 2 aromatic rings. The van der Waals surface area contributed by atoms with E-state index in [2.05, 4.69) is 4.90 Å². The van der Waals surface area contributed by atoms with Gasteiger partial charge in [0.2, 0.25) is 5.91 Å². The number of carbonyl (C=O) groups is 2. The molecule has 0 bridgehead atoms. The van der Waals surface area contributed by atoms with E-state index in [0.717, 1.165) is 38.1 Å². The second kappa shape index (κ2) is 10.8. The van der Waals surface area contributed by atoms with E-state index in [9.17, 15) is 14.7 Å². The molecule has 1 saturated heterocycles. The third-order valence-corrected chi connectivity index (χ3v) is 5.54. The Morgan fingerprint density at radius 2 is 1.73 bits per heavy atom. The number of nitrogens with zero attached hydrogens (tertiary/aromatic N) is 2. The largest absolute Gasteiger partial charge is 0.508 e. The lowest BCUT2D eigenvalue weighted by Crippen LogP contribution is -2.43. The number of ether oxygens (including phenoxy) is 1. The van der Waals surface area contributed by atoms with Gasteiger partial charge in [-0.15, -0.1) is 0 Å². The summed E-state index contributed by atoms with van der Waals surface area (Å²) in [5.41, 5.74) is 0.639. The molecule has 0 radical (unpaired) electrons. The van der Waals surface area contributed by atoms with Gasteiger partial charge in [0.1, 0.15) is 11.5 Å². The Balaban J connectivity index is 1.35. The number of ketones is 1. The first kappa shape index (κ1) is 21.8. The number of hydrogen-bond donors (Lipinski definition) is 1. The fourth-order valence-electron chi connectivity index (χ4n) is 3.66. The highest BCUT2D eigenvalue weighted by atomic mass is 16.5. The molecular weight excluding hydrogens is 380 g/mol. The molecule has 0 atom stereocenters. The highest BCUT2D eigenvalue weighted by Crippen LogP contribution is 2.23. The molecular formula is C24H30N2O4. The number of Topliss-reactive ketones (excluding diaryl/α,β-unsaturated/α-hetero) is 1. The van der Waals surface area contributed by atoms with Gasteiger partial charge in [-0.1, -0.05) is 18.2 Å². The van der Waals surface area contributed by atoms with Gasteiger partial charge in [0.15, 0.2) is 5.78 Å². The van der Waals surface area contributed by atoms with Gasteiger partial charge in [-0.2, -0.15) is 0 Å². The monoisotopic (exact) mass is 410 g/mol. The molecule has 0 aliphatic carbocycles. The normalized spacial score (nSPS) is 15.0. The number of benzene rings is 2. The second-order valence-electron chi connectivity index (χ2n) is 7.79. The smallest absolute Gasteiger partial charge is 0.236 e. The molecule has 160 valence electrons. The average Bonchev–Trinajstić information content (AvgIpc) is 2.78. The SMILES string of the molecule is CN(CCCOc1ccccc1)C(=O)CN1CCC(C(=O)c2ccc(O)cc2)CC1. The fraction of sp³-hybridized carbons (Fsp3) is 0.417. The van der Waals surface area contributed by atoms with Crippen molar-refractivity contribution in [1.82, 2.24) is 9.80 Å². The first-order valence-corrected chi connectivity index (χ1v) is 10.5. The number of carbonyl (C=O) groups excluding carboxylic acids is 2. The summed E-state index contributed by atoms with van der Waals surface area (Å²) in [4.78, 5) is 29.0. The zero-order chi connectivity index (χ0) is 21.3. The molecule has 0 aromatic heterocycles. The number of aromatic hydroxyl groups is 1. The van der Waals surface area contributed by atoms with Crippen LogP contribution in [0.15, 0.2) is 54.6 Å². The number of piperidine rings is 1.